The fourth-order valence-corrected chi connectivity index (χ4v) is 2.65. The Kier molecular flexibility index (Phi) is 8.45. The van der Waals surface area contributed by atoms with Crippen molar-refractivity contribution in [3.63, 3.8) is 0 Å². The van der Waals surface area contributed by atoms with E-state index >= 15 is 0 Å². The van der Waals surface area contributed by atoms with E-state index in [2.05, 4.69) is 18.3 Å². The molecule has 150 valence electrons. The summed E-state index contributed by atoms with van der Waals surface area (Å²) >= 11 is 0. The average molecular weight is 390 g/mol. The predicted octanol–water partition coefficient (Wildman–Crippen LogP) is 5.54. The van der Waals surface area contributed by atoms with Gasteiger partial charge in [0, 0.05) is 6.54 Å². The van der Waals surface area contributed by atoms with E-state index in [0.717, 1.165) is 28.1 Å². The Hall–Kier alpha value is -3.60. The first kappa shape index (κ1) is 21.7. The molecule has 0 spiro atoms. The van der Waals surface area contributed by atoms with Gasteiger partial charge in [0.05, 0.1) is 18.5 Å². The van der Waals surface area contributed by atoms with Crippen molar-refractivity contribution < 1.29 is 14.4 Å². The van der Waals surface area contributed by atoms with Gasteiger partial charge in [-0.25, -0.2) is 4.79 Å². The molecule has 5 heteroatoms. The number of carbonyl (C=O) groups excluding carboxylic acids is 1. The number of hydrogen-bond donors (Lipinski definition) is 0. The molecule has 0 radical (unpaired) electrons. The molecule has 0 aliphatic rings. The molecule has 0 saturated carbocycles. The molecule has 0 saturated heterocycles. The van der Waals surface area contributed by atoms with Crippen LogP contribution in [-0.2, 0) is 9.57 Å². The molecule has 0 fully saturated rings. The number of carbonyl (C=O) groups is 1. The Morgan fingerprint density at radius 2 is 1.79 bits per heavy atom. The van der Waals surface area contributed by atoms with Gasteiger partial charge < -0.3 is 9.57 Å². The van der Waals surface area contributed by atoms with E-state index in [1.54, 1.807) is 17.1 Å². The largest absolute Gasteiger partial charge is 0.452 e. The smallest absolute Gasteiger partial charge is 0.414 e. The lowest BCUT2D eigenvalue weighted by Crippen LogP contribution is -2.31. The van der Waals surface area contributed by atoms with E-state index in [4.69, 9.17) is 9.57 Å². The van der Waals surface area contributed by atoms with Gasteiger partial charge in [-0.15, -0.1) is 6.58 Å². The van der Waals surface area contributed by atoms with Crippen molar-refractivity contribution in [3.05, 3.63) is 90.5 Å². The van der Waals surface area contributed by atoms with Gasteiger partial charge in [0.2, 0.25) is 0 Å². The van der Waals surface area contributed by atoms with Crippen LogP contribution < -0.4 is 4.90 Å². The van der Waals surface area contributed by atoms with Crippen molar-refractivity contribution in [2.75, 3.05) is 25.2 Å². The van der Waals surface area contributed by atoms with Crippen LogP contribution in [0.5, 0.6) is 0 Å². The maximum Gasteiger partial charge on any atom is 0.414 e. The number of amides is 1. The van der Waals surface area contributed by atoms with Crippen molar-refractivity contribution in [2.24, 2.45) is 5.16 Å². The maximum atomic E-state index is 12.1. The van der Waals surface area contributed by atoms with Gasteiger partial charge in [-0.05, 0) is 29.7 Å². The molecule has 2 aromatic carbocycles. The molecule has 0 aliphatic heterocycles. The van der Waals surface area contributed by atoms with E-state index in [1.165, 1.54) is 7.11 Å². The zero-order valence-electron chi connectivity index (χ0n) is 16.9. The van der Waals surface area contributed by atoms with Crippen LogP contribution in [0.3, 0.4) is 0 Å². The van der Waals surface area contributed by atoms with E-state index in [9.17, 15) is 4.79 Å². The standard InChI is InChI=1S/C24H26N2O3/c1-5-17-26(24(27)28-4)23-10-8-7-9-22(23)16-13-20-11-14-21(15-12-20)19(3)25-29-18-6-2/h5-16H,1-2,17-18H2,3-4H3. The predicted molar refractivity (Wildman–Crippen MR) is 120 cm³/mol. The number of ether oxygens (including phenoxy) is 1. The van der Waals surface area contributed by atoms with Gasteiger partial charge in [-0.1, -0.05) is 78.5 Å². The summed E-state index contributed by atoms with van der Waals surface area (Å²) in [6, 6.07) is 15.6. The van der Waals surface area contributed by atoms with Crippen LogP contribution in [-0.4, -0.2) is 32.1 Å². The van der Waals surface area contributed by atoms with Crippen molar-refractivity contribution in [2.45, 2.75) is 6.92 Å². The normalized spacial score (nSPS) is 11.2. The molecule has 0 aromatic heterocycles. The van der Waals surface area contributed by atoms with Crippen LogP contribution in [0.4, 0.5) is 10.5 Å². The minimum Gasteiger partial charge on any atom is -0.452 e. The first-order valence-corrected chi connectivity index (χ1v) is 9.22. The molecule has 0 bridgehead atoms. The average Bonchev–Trinajstić information content (AvgIpc) is 2.76. The second-order valence-electron chi connectivity index (χ2n) is 6.14. The van der Waals surface area contributed by atoms with Gasteiger partial charge in [-0.2, -0.15) is 0 Å². The Morgan fingerprint density at radius 3 is 2.45 bits per heavy atom. The van der Waals surface area contributed by atoms with Crippen LogP contribution in [0, 0.1) is 0 Å². The summed E-state index contributed by atoms with van der Waals surface area (Å²) in [5.41, 5.74) is 4.46. The number of nitrogens with zero attached hydrogens (tertiary/aromatic N) is 2. The number of benzene rings is 2. The lowest BCUT2D eigenvalue weighted by molar-refractivity contribution is 0.175. The number of anilines is 1. The van der Waals surface area contributed by atoms with Crippen molar-refractivity contribution in [1.82, 2.24) is 0 Å². The fraction of sp³-hybridized carbons (Fsp3) is 0.167. The monoisotopic (exact) mass is 390 g/mol. The molecule has 0 atom stereocenters. The number of rotatable bonds is 9. The van der Waals surface area contributed by atoms with Crippen LogP contribution in [0.15, 0.2) is 79.0 Å². The highest BCUT2D eigenvalue weighted by Gasteiger charge is 2.16. The summed E-state index contributed by atoms with van der Waals surface area (Å²) in [5, 5.41) is 4.05. The Bertz CT molecular complexity index is 899. The number of hydrogen-bond acceptors (Lipinski definition) is 4. The van der Waals surface area contributed by atoms with Gasteiger partial charge in [-0.3, -0.25) is 4.90 Å². The minimum absolute atomic E-state index is 0.360. The lowest BCUT2D eigenvalue weighted by atomic mass is 10.1. The molecule has 29 heavy (non-hydrogen) atoms. The highest BCUT2D eigenvalue weighted by Crippen LogP contribution is 2.23. The Morgan fingerprint density at radius 1 is 1.07 bits per heavy atom. The summed E-state index contributed by atoms with van der Waals surface area (Å²) in [7, 11) is 1.37. The summed E-state index contributed by atoms with van der Waals surface area (Å²) in [6.45, 7) is 9.95. The molecule has 0 N–H and O–H groups in total. The summed E-state index contributed by atoms with van der Waals surface area (Å²) in [5.74, 6) is 0. The molecule has 5 nitrogen and oxygen atoms in total. The van der Waals surface area contributed by atoms with E-state index in [0.29, 0.717) is 13.2 Å². The molecule has 0 unspecified atom stereocenters. The molecule has 2 rings (SSSR count). The van der Waals surface area contributed by atoms with Crippen LogP contribution in [0.2, 0.25) is 0 Å². The molecule has 1 amide bonds. The van der Waals surface area contributed by atoms with Crippen molar-refractivity contribution in [3.8, 4) is 0 Å². The van der Waals surface area contributed by atoms with E-state index in [-0.39, 0.29) is 0 Å². The Labute approximate surface area is 172 Å². The number of para-hydroxylation sites is 1. The first-order valence-electron chi connectivity index (χ1n) is 9.22. The lowest BCUT2D eigenvalue weighted by Gasteiger charge is -2.21. The maximum absolute atomic E-state index is 12.1. The summed E-state index contributed by atoms with van der Waals surface area (Å²) in [6.07, 6.45) is 6.85. The summed E-state index contributed by atoms with van der Waals surface area (Å²) in [4.78, 5) is 18.8. The van der Waals surface area contributed by atoms with E-state index in [1.807, 2.05) is 67.6 Å². The molecule has 0 heterocycles. The number of methoxy groups -OCH3 is 1. The molecule has 0 aliphatic carbocycles. The highest BCUT2D eigenvalue weighted by molar-refractivity contribution is 5.98. The molecular formula is C24H26N2O3. The SMILES string of the molecule is C=CCON=C(C)c1ccc(C=Cc2ccccc2N(CC=C)C(=O)OC)cc1. The minimum atomic E-state index is -0.427. The van der Waals surface area contributed by atoms with Crippen molar-refractivity contribution in [1.29, 1.82) is 0 Å². The summed E-state index contributed by atoms with van der Waals surface area (Å²) < 4.78 is 4.90. The van der Waals surface area contributed by atoms with Crippen LogP contribution in [0.25, 0.3) is 12.2 Å². The third-order valence-corrected chi connectivity index (χ3v) is 4.11. The third kappa shape index (κ3) is 6.21. The third-order valence-electron chi connectivity index (χ3n) is 4.11. The quantitative estimate of drug-likeness (QED) is 0.186. The zero-order valence-corrected chi connectivity index (χ0v) is 16.9. The second-order valence-corrected chi connectivity index (χ2v) is 6.14. The zero-order chi connectivity index (χ0) is 21.1. The number of oxime groups is 1. The topological polar surface area (TPSA) is 51.1 Å². The van der Waals surface area contributed by atoms with Gasteiger partial charge >= 0.3 is 6.09 Å². The molecule has 2 aromatic rings. The van der Waals surface area contributed by atoms with E-state index < -0.39 is 6.09 Å². The van der Waals surface area contributed by atoms with Gasteiger partial charge in [0.25, 0.3) is 0 Å². The fourth-order valence-electron chi connectivity index (χ4n) is 2.65. The molecular weight excluding hydrogens is 364 g/mol. The van der Waals surface area contributed by atoms with Gasteiger partial charge in [0.15, 0.2) is 0 Å². The Balaban J connectivity index is 2.22. The van der Waals surface area contributed by atoms with Crippen molar-refractivity contribution >= 4 is 29.6 Å². The van der Waals surface area contributed by atoms with Gasteiger partial charge in [0.1, 0.15) is 6.61 Å². The first-order chi connectivity index (χ1) is 14.1. The van der Waals surface area contributed by atoms with Crippen LogP contribution >= 0.6 is 0 Å². The second kappa shape index (κ2) is 11.3. The van der Waals surface area contributed by atoms with Crippen LogP contribution in [0.1, 0.15) is 23.6 Å². The highest BCUT2D eigenvalue weighted by atomic mass is 16.6.